The first kappa shape index (κ1) is 12.6. The molecule has 1 aromatic heterocycles. The van der Waals surface area contributed by atoms with E-state index in [1.54, 1.807) is 23.4 Å². The molecule has 0 aliphatic heterocycles. The quantitative estimate of drug-likeness (QED) is 0.803. The van der Waals surface area contributed by atoms with Crippen LogP contribution in [0.5, 0.6) is 0 Å². The van der Waals surface area contributed by atoms with Gasteiger partial charge in [0, 0.05) is 31.1 Å². The third-order valence-corrected chi connectivity index (χ3v) is 3.35. The summed E-state index contributed by atoms with van der Waals surface area (Å²) in [7, 11) is 0. The minimum atomic E-state index is 0.0536. The lowest BCUT2D eigenvalue weighted by Gasteiger charge is -2.27. The standard InChI is InChI=1S/C14H19N3O/c1-3-7-17(8-4-2)14(18)11-5-6-12-13(9-11)16-10-15-12/h3-4,10-11H,1-2,5-9H2,(H,15,16). The Kier molecular flexibility index (Phi) is 3.97. The van der Waals surface area contributed by atoms with Crippen LogP contribution in [0.25, 0.3) is 0 Å². The fraction of sp³-hybridized carbons (Fsp3) is 0.429. The van der Waals surface area contributed by atoms with E-state index in [9.17, 15) is 4.79 Å². The SMILES string of the molecule is C=CCN(CC=C)C(=O)C1CCc2nc[nH]c2C1. The lowest BCUT2D eigenvalue weighted by molar-refractivity contribution is -0.134. The van der Waals surface area contributed by atoms with Gasteiger partial charge in [0.2, 0.25) is 5.91 Å². The van der Waals surface area contributed by atoms with E-state index in [4.69, 9.17) is 0 Å². The Morgan fingerprint density at radius 2 is 2.22 bits per heavy atom. The molecule has 1 unspecified atom stereocenters. The first-order chi connectivity index (χ1) is 8.76. The van der Waals surface area contributed by atoms with Crippen LogP contribution in [0.4, 0.5) is 0 Å². The Balaban J connectivity index is 2.05. The van der Waals surface area contributed by atoms with Gasteiger partial charge in [-0.05, 0) is 12.8 Å². The Bertz CT molecular complexity index is 440. The summed E-state index contributed by atoms with van der Waals surface area (Å²) in [4.78, 5) is 21.6. The van der Waals surface area contributed by atoms with Gasteiger partial charge >= 0.3 is 0 Å². The molecule has 0 spiro atoms. The predicted octanol–water partition coefficient (Wildman–Crippen LogP) is 1.72. The van der Waals surface area contributed by atoms with E-state index in [1.807, 2.05) is 0 Å². The maximum Gasteiger partial charge on any atom is 0.226 e. The molecule has 1 atom stereocenters. The fourth-order valence-electron chi connectivity index (χ4n) is 2.44. The van der Waals surface area contributed by atoms with Crippen LogP contribution in [0.2, 0.25) is 0 Å². The van der Waals surface area contributed by atoms with Crippen molar-refractivity contribution in [2.24, 2.45) is 5.92 Å². The van der Waals surface area contributed by atoms with Gasteiger partial charge in [0.1, 0.15) is 0 Å². The Morgan fingerprint density at radius 3 is 2.89 bits per heavy atom. The predicted molar refractivity (Wildman–Crippen MR) is 71.1 cm³/mol. The number of imidazole rings is 1. The van der Waals surface area contributed by atoms with Crippen LogP contribution in [0.15, 0.2) is 31.6 Å². The number of nitrogens with zero attached hydrogens (tertiary/aromatic N) is 2. The molecular weight excluding hydrogens is 226 g/mol. The third-order valence-electron chi connectivity index (χ3n) is 3.35. The number of carbonyl (C=O) groups is 1. The number of carbonyl (C=O) groups excluding carboxylic acids is 1. The molecule has 1 heterocycles. The molecule has 4 heteroatoms. The molecule has 1 aliphatic rings. The molecule has 0 aromatic carbocycles. The second kappa shape index (κ2) is 5.67. The van der Waals surface area contributed by atoms with Crippen molar-refractivity contribution in [2.45, 2.75) is 19.3 Å². The average molecular weight is 245 g/mol. The van der Waals surface area contributed by atoms with Gasteiger partial charge < -0.3 is 9.88 Å². The number of rotatable bonds is 5. The van der Waals surface area contributed by atoms with E-state index in [2.05, 4.69) is 23.1 Å². The Labute approximate surface area is 107 Å². The number of fused-ring (bicyclic) bond motifs is 1. The van der Waals surface area contributed by atoms with Crippen molar-refractivity contribution < 1.29 is 4.79 Å². The number of hydrogen-bond acceptors (Lipinski definition) is 2. The van der Waals surface area contributed by atoms with Crippen LogP contribution in [0.1, 0.15) is 17.8 Å². The average Bonchev–Trinajstić information content (AvgIpc) is 2.84. The summed E-state index contributed by atoms with van der Waals surface area (Å²) >= 11 is 0. The van der Waals surface area contributed by atoms with Crippen LogP contribution < -0.4 is 0 Å². The van der Waals surface area contributed by atoms with Gasteiger partial charge in [-0.3, -0.25) is 4.79 Å². The molecule has 96 valence electrons. The van der Waals surface area contributed by atoms with Crippen molar-refractivity contribution in [2.75, 3.05) is 13.1 Å². The van der Waals surface area contributed by atoms with E-state index in [0.29, 0.717) is 13.1 Å². The molecule has 4 nitrogen and oxygen atoms in total. The number of aromatic nitrogens is 2. The molecule has 0 bridgehead atoms. The lowest BCUT2D eigenvalue weighted by atomic mass is 9.88. The van der Waals surface area contributed by atoms with Crippen molar-refractivity contribution >= 4 is 5.91 Å². The highest BCUT2D eigenvalue weighted by Crippen LogP contribution is 2.24. The van der Waals surface area contributed by atoms with Gasteiger partial charge in [-0.25, -0.2) is 4.98 Å². The maximum atomic E-state index is 12.4. The summed E-state index contributed by atoms with van der Waals surface area (Å²) in [5, 5.41) is 0. The van der Waals surface area contributed by atoms with E-state index < -0.39 is 0 Å². The van der Waals surface area contributed by atoms with Crippen molar-refractivity contribution in [1.82, 2.24) is 14.9 Å². The van der Waals surface area contributed by atoms with Crippen molar-refractivity contribution in [1.29, 1.82) is 0 Å². The Hall–Kier alpha value is -1.84. The monoisotopic (exact) mass is 245 g/mol. The second-order valence-electron chi connectivity index (χ2n) is 4.59. The molecule has 2 rings (SSSR count). The fourth-order valence-corrected chi connectivity index (χ4v) is 2.44. The lowest BCUT2D eigenvalue weighted by Crippen LogP contribution is -2.38. The summed E-state index contributed by atoms with van der Waals surface area (Å²) in [6, 6.07) is 0. The molecule has 1 N–H and O–H groups in total. The van der Waals surface area contributed by atoms with Gasteiger partial charge in [-0.1, -0.05) is 12.2 Å². The van der Waals surface area contributed by atoms with E-state index >= 15 is 0 Å². The smallest absolute Gasteiger partial charge is 0.226 e. The number of aryl methyl sites for hydroxylation is 1. The van der Waals surface area contributed by atoms with Crippen LogP contribution in [-0.4, -0.2) is 33.9 Å². The molecule has 1 aliphatic carbocycles. The van der Waals surface area contributed by atoms with E-state index in [-0.39, 0.29) is 11.8 Å². The highest BCUT2D eigenvalue weighted by Gasteiger charge is 2.28. The second-order valence-corrected chi connectivity index (χ2v) is 4.59. The van der Waals surface area contributed by atoms with Crippen molar-refractivity contribution in [3.63, 3.8) is 0 Å². The summed E-state index contributed by atoms with van der Waals surface area (Å²) in [5.41, 5.74) is 2.22. The molecule has 0 saturated carbocycles. The normalized spacial score (nSPS) is 17.9. The van der Waals surface area contributed by atoms with Crippen LogP contribution in [0.3, 0.4) is 0 Å². The number of amides is 1. The summed E-state index contributed by atoms with van der Waals surface area (Å²) in [6.45, 7) is 8.55. The first-order valence-electron chi connectivity index (χ1n) is 6.28. The molecular formula is C14H19N3O. The Morgan fingerprint density at radius 1 is 1.50 bits per heavy atom. The molecule has 0 saturated heterocycles. The zero-order valence-electron chi connectivity index (χ0n) is 10.6. The number of aromatic amines is 1. The van der Waals surface area contributed by atoms with Gasteiger partial charge in [-0.15, -0.1) is 13.2 Å². The van der Waals surface area contributed by atoms with Crippen molar-refractivity contribution in [3.8, 4) is 0 Å². The number of hydrogen-bond donors (Lipinski definition) is 1. The maximum absolute atomic E-state index is 12.4. The van der Waals surface area contributed by atoms with Gasteiger partial charge in [-0.2, -0.15) is 0 Å². The highest BCUT2D eigenvalue weighted by molar-refractivity contribution is 5.79. The van der Waals surface area contributed by atoms with Crippen LogP contribution >= 0.6 is 0 Å². The molecule has 0 radical (unpaired) electrons. The zero-order chi connectivity index (χ0) is 13.0. The minimum absolute atomic E-state index is 0.0536. The number of H-pyrrole nitrogens is 1. The zero-order valence-corrected chi connectivity index (χ0v) is 10.6. The third kappa shape index (κ3) is 2.53. The summed E-state index contributed by atoms with van der Waals surface area (Å²) in [6.07, 6.45) is 7.74. The molecule has 1 aromatic rings. The molecule has 0 fully saturated rings. The van der Waals surface area contributed by atoms with Gasteiger partial charge in [0.25, 0.3) is 0 Å². The minimum Gasteiger partial charge on any atom is -0.348 e. The van der Waals surface area contributed by atoms with E-state index in [1.165, 1.54) is 0 Å². The molecule has 18 heavy (non-hydrogen) atoms. The summed E-state index contributed by atoms with van der Waals surface area (Å²) < 4.78 is 0. The van der Waals surface area contributed by atoms with E-state index in [0.717, 1.165) is 30.7 Å². The largest absolute Gasteiger partial charge is 0.348 e. The molecule has 1 amide bonds. The van der Waals surface area contributed by atoms with Crippen LogP contribution in [-0.2, 0) is 17.6 Å². The number of nitrogens with one attached hydrogen (secondary N) is 1. The first-order valence-corrected chi connectivity index (χ1v) is 6.28. The topological polar surface area (TPSA) is 49.0 Å². The van der Waals surface area contributed by atoms with Crippen molar-refractivity contribution in [3.05, 3.63) is 43.0 Å². The summed E-state index contributed by atoms with van der Waals surface area (Å²) in [5.74, 6) is 0.243. The van der Waals surface area contributed by atoms with Gasteiger partial charge in [0.15, 0.2) is 0 Å². The highest BCUT2D eigenvalue weighted by atomic mass is 16.2. The van der Waals surface area contributed by atoms with Gasteiger partial charge in [0.05, 0.1) is 12.0 Å². The van der Waals surface area contributed by atoms with Crippen LogP contribution in [0, 0.1) is 5.92 Å².